The topological polar surface area (TPSA) is 61.0 Å². The lowest BCUT2D eigenvalue weighted by Crippen LogP contribution is -1.96. The van der Waals surface area contributed by atoms with Gasteiger partial charge in [-0.2, -0.15) is 0 Å². The van der Waals surface area contributed by atoms with Crippen molar-refractivity contribution in [2.24, 2.45) is 0 Å². The van der Waals surface area contributed by atoms with Gasteiger partial charge in [-0.3, -0.25) is 0 Å². The molecule has 94 valence electrons. The van der Waals surface area contributed by atoms with Gasteiger partial charge in [-0.25, -0.2) is 9.97 Å². The number of aromatic nitrogens is 2. The van der Waals surface area contributed by atoms with E-state index in [1.54, 1.807) is 7.11 Å². The summed E-state index contributed by atoms with van der Waals surface area (Å²) < 4.78 is 5.40. The predicted octanol–water partition coefficient (Wildman–Crippen LogP) is 2.89. The van der Waals surface area contributed by atoms with Crippen molar-refractivity contribution in [2.75, 3.05) is 12.8 Å². The fourth-order valence-corrected chi connectivity index (χ4v) is 2.11. The highest BCUT2D eigenvalue weighted by molar-refractivity contribution is 5.95. The quantitative estimate of drug-likeness (QED) is 0.760. The molecule has 3 aromatic rings. The Morgan fingerprint density at radius 2 is 1.79 bits per heavy atom. The number of rotatable bonds is 2. The Morgan fingerprint density at radius 3 is 2.53 bits per heavy atom. The Kier molecular flexibility index (Phi) is 2.76. The molecule has 0 saturated carbocycles. The van der Waals surface area contributed by atoms with Crippen LogP contribution in [0, 0.1) is 0 Å². The van der Waals surface area contributed by atoms with Crippen LogP contribution in [0.4, 0.5) is 5.82 Å². The van der Waals surface area contributed by atoms with Crippen LogP contribution in [0.2, 0.25) is 0 Å². The first-order valence-electron chi connectivity index (χ1n) is 5.93. The number of nitrogens with two attached hydrogens (primary N) is 1. The van der Waals surface area contributed by atoms with E-state index < -0.39 is 0 Å². The molecule has 1 aromatic heterocycles. The number of hydrogen-bond acceptors (Lipinski definition) is 4. The van der Waals surface area contributed by atoms with E-state index >= 15 is 0 Å². The second kappa shape index (κ2) is 4.57. The second-order valence-corrected chi connectivity index (χ2v) is 4.20. The average Bonchev–Trinajstić information content (AvgIpc) is 2.48. The van der Waals surface area contributed by atoms with Crippen molar-refractivity contribution in [3.8, 4) is 16.9 Å². The molecule has 0 aliphatic rings. The number of anilines is 1. The lowest BCUT2D eigenvalue weighted by molar-refractivity contribution is 0.419. The molecule has 4 nitrogen and oxygen atoms in total. The maximum Gasteiger partial charge on any atom is 0.145 e. The first-order valence-corrected chi connectivity index (χ1v) is 5.93. The summed E-state index contributed by atoms with van der Waals surface area (Å²) in [5.74, 6) is 1.16. The number of hydrogen-bond donors (Lipinski definition) is 1. The lowest BCUT2D eigenvalue weighted by Gasteiger charge is -2.09. The van der Waals surface area contributed by atoms with Crippen LogP contribution in [0.25, 0.3) is 22.0 Å². The zero-order chi connectivity index (χ0) is 13.2. The van der Waals surface area contributed by atoms with Gasteiger partial charge >= 0.3 is 0 Å². The smallest absolute Gasteiger partial charge is 0.145 e. The molecule has 19 heavy (non-hydrogen) atoms. The van der Waals surface area contributed by atoms with Gasteiger partial charge in [0.1, 0.15) is 23.4 Å². The van der Waals surface area contributed by atoms with E-state index in [1.165, 1.54) is 6.33 Å². The highest BCUT2D eigenvalue weighted by Gasteiger charge is 2.09. The number of fused-ring (bicyclic) bond motifs is 1. The van der Waals surface area contributed by atoms with Gasteiger partial charge in [0.15, 0.2) is 0 Å². The lowest BCUT2D eigenvalue weighted by atomic mass is 10.0. The molecule has 0 saturated heterocycles. The predicted molar refractivity (Wildman–Crippen MR) is 75.9 cm³/mol. The summed E-state index contributed by atoms with van der Waals surface area (Å²) >= 11 is 0. The van der Waals surface area contributed by atoms with Gasteiger partial charge < -0.3 is 10.5 Å². The molecular formula is C15H13N3O. The van der Waals surface area contributed by atoms with E-state index in [2.05, 4.69) is 9.97 Å². The normalized spacial score (nSPS) is 10.6. The first kappa shape index (κ1) is 11.5. The average molecular weight is 251 g/mol. The molecule has 3 rings (SSSR count). The van der Waals surface area contributed by atoms with Crippen LogP contribution in [-0.4, -0.2) is 17.1 Å². The maximum absolute atomic E-state index is 5.92. The van der Waals surface area contributed by atoms with Gasteiger partial charge in [0.2, 0.25) is 0 Å². The number of nitrogens with zero attached hydrogens (tertiary/aromatic N) is 2. The van der Waals surface area contributed by atoms with Gasteiger partial charge in [-0.05, 0) is 23.3 Å². The van der Waals surface area contributed by atoms with Gasteiger partial charge in [0.05, 0.1) is 7.11 Å². The van der Waals surface area contributed by atoms with Crippen molar-refractivity contribution < 1.29 is 4.74 Å². The molecule has 0 aliphatic heterocycles. The Labute approximate surface area is 110 Å². The second-order valence-electron chi connectivity index (χ2n) is 4.20. The molecule has 0 atom stereocenters. The minimum atomic E-state index is 0.459. The van der Waals surface area contributed by atoms with Gasteiger partial charge in [0.25, 0.3) is 0 Å². The summed E-state index contributed by atoms with van der Waals surface area (Å²) in [6.07, 6.45) is 1.45. The zero-order valence-corrected chi connectivity index (χ0v) is 10.5. The highest BCUT2D eigenvalue weighted by Crippen LogP contribution is 2.32. The first-order chi connectivity index (χ1) is 9.29. The van der Waals surface area contributed by atoms with Crippen LogP contribution in [0.3, 0.4) is 0 Å². The monoisotopic (exact) mass is 251 g/mol. The van der Waals surface area contributed by atoms with E-state index in [1.807, 2.05) is 42.5 Å². The molecule has 2 N–H and O–H groups in total. The Hall–Kier alpha value is -2.62. The summed E-state index contributed by atoms with van der Waals surface area (Å²) in [5.41, 5.74) is 8.79. The van der Waals surface area contributed by atoms with Crippen LogP contribution < -0.4 is 10.5 Å². The van der Waals surface area contributed by atoms with E-state index in [0.29, 0.717) is 11.6 Å². The molecule has 0 aliphatic carbocycles. The molecule has 0 fully saturated rings. The van der Waals surface area contributed by atoms with Crippen LogP contribution >= 0.6 is 0 Å². The third kappa shape index (κ3) is 1.97. The molecular weight excluding hydrogens is 238 g/mol. The molecule has 0 bridgehead atoms. The fourth-order valence-electron chi connectivity index (χ4n) is 2.11. The number of nitrogen functional groups attached to an aromatic ring is 1. The van der Waals surface area contributed by atoms with Crippen LogP contribution in [-0.2, 0) is 0 Å². The summed E-state index contributed by atoms with van der Waals surface area (Å²) in [7, 11) is 1.63. The minimum Gasteiger partial charge on any atom is -0.494 e. The summed E-state index contributed by atoms with van der Waals surface area (Å²) in [5, 5.41) is 0.806. The molecule has 4 heteroatoms. The molecule has 0 unspecified atom stereocenters. The Bertz CT molecular complexity index is 726. The molecule has 0 spiro atoms. The summed E-state index contributed by atoms with van der Waals surface area (Å²) in [4.78, 5) is 8.26. The largest absolute Gasteiger partial charge is 0.494 e. The SMILES string of the molecule is COc1cc(-c2ccccc2)cc2c(N)ncnc12. The van der Waals surface area contributed by atoms with Gasteiger partial charge in [0, 0.05) is 5.39 Å². The van der Waals surface area contributed by atoms with Crippen molar-refractivity contribution in [1.29, 1.82) is 0 Å². The highest BCUT2D eigenvalue weighted by atomic mass is 16.5. The zero-order valence-electron chi connectivity index (χ0n) is 10.5. The number of methoxy groups -OCH3 is 1. The van der Waals surface area contributed by atoms with Gasteiger partial charge in [-0.15, -0.1) is 0 Å². The van der Waals surface area contributed by atoms with E-state index in [4.69, 9.17) is 10.5 Å². The number of benzene rings is 2. The van der Waals surface area contributed by atoms with Gasteiger partial charge in [-0.1, -0.05) is 30.3 Å². The van der Waals surface area contributed by atoms with Crippen molar-refractivity contribution in [1.82, 2.24) is 9.97 Å². The van der Waals surface area contributed by atoms with Crippen molar-refractivity contribution in [2.45, 2.75) is 0 Å². The van der Waals surface area contributed by atoms with E-state index in [0.717, 1.165) is 22.0 Å². The summed E-state index contributed by atoms with van der Waals surface area (Å²) in [6, 6.07) is 14.0. The van der Waals surface area contributed by atoms with Crippen molar-refractivity contribution in [3.05, 3.63) is 48.8 Å². The van der Waals surface area contributed by atoms with Crippen LogP contribution in [0.15, 0.2) is 48.8 Å². The Morgan fingerprint density at radius 1 is 1.00 bits per heavy atom. The molecule has 0 radical (unpaired) electrons. The van der Waals surface area contributed by atoms with Crippen LogP contribution in [0.1, 0.15) is 0 Å². The van der Waals surface area contributed by atoms with E-state index in [-0.39, 0.29) is 0 Å². The fraction of sp³-hybridized carbons (Fsp3) is 0.0667. The molecule has 0 amide bonds. The van der Waals surface area contributed by atoms with E-state index in [9.17, 15) is 0 Å². The van der Waals surface area contributed by atoms with Crippen LogP contribution in [0.5, 0.6) is 5.75 Å². The molecule has 1 heterocycles. The number of ether oxygens (including phenoxy) is 1. The summed E-state index contributed by atoms with van der Waals surface area (Å²) in [6.45, 7) is 0. The standard InChI is InChI=1S/C15H13N3O/c1-19-13-8-11(10-5-3-2-4-6-10)7-12-14(13)17-9-18-15(12)16/h2-9H,1H3,(H2,16,17,18). The third-order valence-electron chi connectivity index (χ3n) is 3.06. The van der Waals surface area contributed by atoms with Crippen molar-refractivity contribution >= 4 is 16.7 Å². The minimum absolute atomic E-state index is 0.459. The van der Waals surface area contributed by atoms with Crippen molar-refractivity contribution in [3.63, 3.8) is 0 Å². The Balaban J connectivity index is 2.31. The molecule has 2 aromatic carbocycles. The third-order valence-corrected chi connectivity index (χ3v) is 3.06. The maximum atomic E-state index is 5.92.